The van der Waals surface area contributed by atoms with Crippen LogP contribution < -0.4 is 90.6 Å². The fourth-order valence-corrected chi connectivity index (χ4v) is 17.3. The number of likely N-dealkylation sites (N-methyl/N-ethyl adjacent to an activating group) is 1. The van der Waals surface area contributed by atoms with Gasteiger partial charge in [-0.15, -0.1) is 11.8 Å². The average molecular weight is 2040 g/mol. The fraction of sp³-hybridized carbons (Fsp3) is 0.444. The summed E-state index contributed by atoms with van der Waals surface area (Å²) in [6.45, 7) is 8.49. The number of aromatic amines is 2. The molecule has 0 aliphatic carbocycles. The molecule has 46 nitrogen and oxygen atoms in total. The van der Waals surface area contributed by atoms with Crippen LogP contribution in [0, 0.1) is 23.2 Å². The quantitative estimate of drug-likeness (QED) is 0.0146. The normalized spacial score (nSPS) is 22.0. The number of anilines is 1. The van der Waals surface area contributed by atoms with Crippen molar-refractivity contribution in [3.05, 3.63) is 181 Å². The highest BCUT2D eigenvalue weighted by molar-refractivity contribution is 8.00. The van der Waals surface area contributed by atoms with Crippen LogP contribution in [0.2, 0.25) is 0 Å². The molecule has 2 aromatic heterocycles. The van der Waals surface area contributed by atoms with Crippen molar-refractivity contribution in [2.24, 2.45) is 29.2 Å². The van der Waals surface area contributed by atoms with E-state index in [1.807, 2.05) is 35.2 Å². The first-order chi connectivity index (χ1) is 69.7. The molecule has 3 aliphatic rings. The third-order valence-electron chi connectivity index (χ3n) is 24.2. The Hall–Kier alpha value is -15.7. The molecule has 3 fully saturated rings. The van der Waals surface area contributed by atoms with Crippen molar-refractivity contribution in [2.45, 2.75) is 178 Å². The zero-order valence-corrected chi connectivity index (χ0v) is 82.8. The number of hydrogen-bond acceptors (Lipinski definition) is 25. The Labute approximate surface area is 846 Å². The minimum Gasteiger partial charge on any atom is -0.482 e. The number of nitrogens with two attached hydrogens (primary N) is 2. The summed E-state index contributed by atoms with van der Waals surface area (Å²) in [5.74, 6) is -20.5. The van der Waals surface area contributed by atoms with Gasteiger partial charge in [0, 0.05) is 106 Å². The number of nitrogens with one attached hydrogen (secondary N) is 17. The molecule has 10 rings (SSSR count). The van der Waals surface area contributed by atoms with Crippen molar-refractivity contribution < 1.29 is 106 Å². The van der Waals surface area contributed by atoms with Gasteiger partial charge in [0.1, 0.15) is 78.3 Å². The standard InChI is InChI=1S/C99H128N24O22S/c1-55(2)39-70-89(134)118-77(87(132)106-47-79(100)124)51-146-52-81(126)111-76(48-122-35-37-144-38-36-122)94(139)114-71(40-58-17-21-61(22-18-58)60-13-9-8-10-14-60)90(135)117-75(41-59-19-23-62(24-20-59)63-25-29-65(30-26-63)109-86(131)64-27-31-68(32-28-64)145-50-83(129)130)97(142)121(7)49-80(125)110-72(42-66-45-103-53-107-66)91(136)115-74(44-82(127)128)93(138)112-69(15-11-33-105-99(101)102)88(133)120-85(57(5)6)98(143)123-34-12-16-78(123)95(140)119-84(56(3)4)96(141)116-73(92(137)113-70)43-67-46-104-54-108-67/h8-10,13-14,17-32,45-46,53-57,69-78,84-85H,11-12,15-16,33-44,47-52H2,1-7H3,(H2,100,124)(H,103,107)(H,104,108)(H,106,132)(H,109,131)(H,110,125)(H,111,126)(H,112,138)(H,113,137)(H,114,139)(H,115,136)(H,116,141)(H,117,135)(H,118,134)(H,119,140)(H,120,133)(H,127,128)(H,129,130)(H4,101,102,105)/t69-,70+,71+,72+,73+,74+,75+,76+,77+,78+,84+,85+/m1/s1. The van der Waals surface area contributed by atoms with Crippen LogP contribution in [0.4, 0.5) is 5.69 Å². The number of aliphatic carboxylic acids is 2. The lowest BCUT2D eigenvalue weighted by atomic mass is 9.98. The Balaban J connectivity index is 1.02. The molecule has 7 aromatic rings. The van der Waals surface area contributed by atoms with Gasteiger partial charge in [-0.25, -0.2) is 14.8 Å². The maximum Gasteiger partial charge on any atom is 0.341 e. The molecule has 0 saturated carbocycles. The van der Waals surface area contributed by atoms with Crippen molar-refractivity contribution in [3.63, 3.8) is 0 Å². The summed E-state index contributed by atoms with van der Waals surface area (Å²) in [5.41, 5.74) is 16.2. The molecule has 0 bridgehead atoms. The molecule has 782 valence electrons. The summed E-state index contributed by atoms with van der Waals surface area (Å²) in [5, 5.41) is 64.6. The molecular formula is C99H128N24O22S. The predicted octanol–water partition coefficient (Wildman–Crippen LogP) is -0.988. The van der Waals surface area contributed by atoms with Crippen molar-refractivity contribution >= 4 is 130 Å². The summed E-state index contributed by atoms with van der Waals surface area (Å²) in [4.78, 5) is 277. The summed E-state index contributed by atoms with van der Waals surface area (Å²) < 4.78 is 10.9. The highest BCUT2D eigenvalue weighted by Crippen LogP contribution is 2.28. The van der Waals surface area contributed by atoms with Crippen molar-refractivity contribution in [3.8, 4) is 28.0 Å². The number of rotatable bonds is 30. The van der Waals surface area contributed by atoms with Crippen LogP contribution >= 0.6 is 11.8 Å². The third kappa shape index (κ3) is 35.1. The van der Waals surface area contributed by atoms with Gasteiger partial charge in [0.2, 0.25) is 88.6 Å². The van der Waals surface area contributed by atoms with Crippen LogP contribution in [0.15, 0.2) is 152 Å². The molecule has 23 N–H and O–H groups in total. The Bertz CT molecular complexity index is 5700. The smallest absolute Gasteiger partial charge is 0.341 e. The topological polar surface area (TPSA) is 678 Å². The van der Waals surface area contributed by atoms with E-state index in [-0.39, 0.29) is 120 Å². The van der Waals surface area contributed by atoms with Gasteiger partial charge in [0.15, 0.2) is 12.6 Å². The molecule has 16 amide bonds. The molecule has 5 aromatic carbocycles. The van der Waals surface area contributed by atoms with Crippen molar-refractivity contribution in [2.75, 3.05) is 89.5 Å². The number of fused-ring (bicyclic) bond motifs is 1. The minimum absolute atomic E-state index is 0.0161. The number of amides is 16. The van der Waals surface area contributed by atoms with Crippen LogP contribution in [0.25, 0.3) is 22.3 Å². The largest absolute Gasteiger partial charge is 0.482 e. The highest BCUT2D eigenvalue weighted by atomic mass is 32.2. The van der Waals surface area contributed by atoms with Gasteiger partial charge in [-0.05, 0) is 120 Å². The van der Waals surface area contributed by atoms with E-state index in [0.29, 0.717) is 33.6 Å². The molecule has 3 saturated heterocycles. The molecule has 12 atom stereocenters. The lowest BCUT2D eigenvalue weighted by molar-refractivity contribution is -0.144. The zero-order chi connectivity index (χ0) is 106. The molecule has 3 aliphatic heterocycles. The third-order valence-corrected chi connectivity index (χ3v) is 25.2. The summed E-state index contributed by atoms with van der Waals surface area (Å²) in [6.07, 6.45) is 2.80. The maximum absolute atomic E-state index is 15.8. The van der Waals surface area contributed by atoms with Gasteiger partial charge in [0.25, 0.3) is 5.91 Å². The van der Waals surface area contributed by atoms with Crippen LogP contribution in [0.5, 0.6) is 5.75 Å². The van der Waals surface area contributed by atoms with E-state index in [9.17, 15) is 72.2 Å². The maximum atomic E-state index is 15.8. The Morgan fingerprint density at radius 2 is 1.03 bits per heavy atom. The second-order valence-electron chi connectivity index (χ2n) is 36.8. The Morgan fingerprint density at radius 3 is 1.60 bits per heavy atom. The number of carbonyl (C=O) groups is 18. The number of aromatic nitrogens is 4. The number of H-pyrrole nitrogens is 2. The van der Waals surface area contributed by atoms with Gasteiger partial charge >= 0.3 is 11.9 Å². The zero-order valence-electron chi connectivity index (χ0n) is 82.0. The fourth-order valence-electron chi connectivity index (χ4n) is 16.5. The van der Waals surface area contributed by atoms with E-state index in [1.54, 1.807) is 114 Å². The van der Waals surface area contributed by atoms with E-state index in [0.717, 1.165) is 27.8 Å². The van der Waals surface area contributed by atoms with Gasteiger partial charge in [-0.1, -0.05) is 133 Å². The monoisotopic (exact) mass is 2040 g/mol. The number of primary amides is 1. The van der Waals surface area contributed by atoms with Crippen LogP contribution in [-0.2, 0) is 112 Å². The SMILES string of the molecule is CC(C)C[C@@H]1NC(=O)[C@H](Cc2cnc[nH]2)NC(=O)[C@H](C(C)C)NC(=O)[C@@H]2CCCN2C(=O)[C@H](C(C)C)NC(=O)[C@@H](CCCNC(=N)N)NC(=O)[C@H](CC(=O)O)NC(=O)[C@H](Cc2cnc[nH]2)NC(=O)CN(C)C(=O)[C@H](Cc2ccc(-c3ccc(NC(=O)c4ccc(OCC(=O)O)cc4)cc3)cc2)NC(=O)[C@H](Cc2ccc(-c3ccccc3)cc2)NC(=O)[C@H](CN2CCOCC2)NC(=O)CSC[C@@H](C(=O)NCC(N)=O)NC1=O. The first-order valence-electron chi connectivity index (χ1n) is 47.9. The van der Waals surface area contributed by atoms with E-state index in [2.05, 4.69) is 94.4 Å². The molecule has 47 heteroatoms. The summed E-state index contributed by atoms with van der Waals surface area (Å²) >= 11 is 0.813. The summed E-state index contributed by atoms with van der Waals surface area (Å²) in [7, 11) is 1.23. The molecule has 0 radical (unpaired) electrons. The van der Waals surface area contributed by atoms with Crippen molar-refractivity contribution in [1.82, 2.24) is 104 Å². The number of carboxylic acid groups (broad SMARTS) is 2. The first-order valence-corrected chi connectivity index (χ1v) is 49.0. The number of morpholine rings is 1. The van der Waals surface area contributed by atoms with Crippen LogP contribution in [0.3, 0.4) is 0 Å². The van der Waals surface area contributed by atoms with Gasteiger partial charge < -0.3 is 125 Å². The summed E-state index contributed by atoms with van der Waals surface area (Å²) in [6, 6.07) is 17.0. The van der Waals surface area contributed by atoms with Gasteiger partial charge in [-0.2, -0.15) is 0 Å². The van der Waals surface area contributed by atoms with E-state index < -0.39 is 241 Å². The van der Waals surface area contributed by atoms with Gasteiger partial charge in [-0.3, -0.25) is 91.8 Å². The predicted molar refractivity (Wildman–Crippen MR) is 534 cm³/mol. The number of guanidine groups is 1. The molecule has 5 heterocycles. The lowest BCUT2D eigenvalue weighted by Crippen LogP contribution is -2.62. The van der Waals surface area contributed by atoms with Crippen LogP contribution in [0.1, 0.15) is 113 Å². The number of nitrogens with zero attached hydrogens (tertiary/aromatic N) is 5. The Morgan fingerprint density at radius 1 is 0.527 bits per heavy atom. The highest BCUT2D eigenvalue weighted by Gasteiger charge is 2.44. The van der Waals surface area contributed by atoms with E-state index >= 15 is 19.2 Å². The second-order valence-corrected chi connectivity index (χ2v) is 37.8. The van der Waals surface area contributed by atoms with Crippen molar-refractivity contribution in [1.29, 1.82) is 5.41 Å². The lowest BCUT2D eigenvalue weighted by Gasteiger charge is -2.33. The minimum atomic E-state index is -2.03. The van der Waals surface area contributed by atoms with Crippen LogP contribution in [-0.4, -0.2) is 314 Å². The molecule has 0 spiro atoms. The first kappa shape index (κ1) is 112. The Kier molecular flexibility index (Phi) is 42.5. The van der Waals surface area contributed by atoms with E-state index in [1.165, 1.54) is 61.3 Å². The number of carbonyl (C=O) groups excluding carboxylic acids is 16. The molecule has 146 heavy (non-hydrogen) atoms. The molecule has 0 unspecified atom stereocenters. The van der Waals surface area contributed by atoms with E-state index in [4.69, 9.17) is 31.5 Å². The number of benzene rings is 5. The number of hydrogen-bond donors (Lipinski definition) is 21. The number of thioether (sulfide) groups is 1. The van der Waals surface area contributed by atoms with Gasteiger partial charge in [0.05, 0.1) is 51.1 Å². The second kappa shape index (κ2) is 55.2. The number of ether oxygens (including phenoxy) is 2. The number of imidazole rings is 2. The number of carboxylic acids is 2. The molecular weight excluding hydrogens is 1910 g/mol. The average Bonchev–Trinajstić information content (AvgIpc) is 1.57.